The largest absolute Gasteiger partial charge is 0.379 e. The number of anilines is 2. The zero-order chi connectivity index (χ0) is 23.3. The summed E-state index contributed by atoms with van der Waals surface area (Å²) in [5.74, 6) is -0.739. The summed E-state index contributed by atoms with van der Waals surface area (Å²) in [5, 5.41) is 15.2. The van der Waals surface area contributed by atoms with E-state index in [0.29, 0.717) is 13.2 Å². The molecule has 0 atom stereocenters. The van der Waals surface area contributed by atoms with Crippen LogP contribution in [0.2, 0.25) is 15.1 Å². The van der Waals surface area contributed by atoms with Crippen molar-refractivity contribution in [3.63, 3.8) is 0 Å². The van der Waals surface area contributed by atoms with Crippen LogP contribution in [-0.2, 0) is 19.6 Å². The second-order valence-corrected chi connectivity index (χ2v) is 9.66. The monoisotopic (exact) mass is 514 g/mol. The zero-order valence-corrected chi connectivity index (χ0v) is 19.5. The van der Waals surface area contributed by atoms with Gasteiger partial charge < -0.3 is 15.4 Å². The van der Waals surface area contributed by atoms with Crippen molar-refractivity contribution >= 4 is 62.1 Å². The Morgan fingerprint density at radius 2 is 1.81 bits per heavy atom. The van der Waals surface area contributed by atoms with Crippen LogP contribution < -0.4 is 10.6 Å². The summed E-state index contributed by atoms with van der Waals surface area (Å²) >= 11 is 18.2. The summed E-state index contributed by atoms with van der Waals surface area (Å²) in [6, 6.07) is 10.6. The molecule has 168 valence electrons. The Morgan fingerprint density at radius 3 is 2.50 bits per heavy atom. The minimum atomic E-state index is -3.75. The third-order valence-corrected chi connectivity index (χ3v) is 7.53. The molecule has 1 aliphatic heterocycles. The van der Waals surface area contributed by atoms with E-state index in [1.165, 1.54) is 28.6 Å². The maximum absolute atomic E-state index is 12.9. The molecule has 1 saturated heterocycles. The van der Waals surface area contributed by atoms with Gasteiger partial charge in [-0.15, -0.1) is 0 Å². The van der Waals surface area contributed by atoms with Gasteiger partial charge >= 0.3 is 0 Å². The van der Waals surface area contributed by atoms with E-state index in [-0.39, 0.29) is 50.0 Å². The summed E-state index contributed by atoms with van der Waals surface area (Å²) in [6.07, 6.45) is 1.13. The Labute approximate surface area is 200 Å². The van der Waals surface area contributed by atoms with Gasteiger partial charge in [0.25, 0.3) is 5.91 Å². The number of nitrogens with zero attached hydrogens (tertiary/aromatic N) is 2. The fourth-order valence-electron chi connectivity index (χ4n) is 2.80. The molecule has 3 rings (SSSR count). The number of rotatable bonds is 6. The molecule has 1 amide bonds. The van der Waals surface area contributed by atoms with E-state index in [9.17, 15) is 18.5 Å². The summed E-state index contributed by atoms with van der Waals surface area (Å²) in [6.45, 7) is 1.13. The number of hydrogen-bond donors (Lipinski definition) is 2. The van der Waals surface area contributed by atoms with Crippen molar-refractivity contribution in [2.45, 2.75) is 4.90 Å². The van der Waals surface area contributed by atoms with Crippen molar-refractivity contribution in [1.29, 1.82) is 5.26 Å². The molecule has 1 heterocycles. The third kappa shape index (κ3) is 5.53. The number of halogens is 3. The van der Waals surface area contributed by atoms with Crippen LogP contribution in [0.25, 0.3) is 0 Å². The molecule has 0 aromatic heterocycles. The number of benzene rings is 2. The van der Waals surface area contributed by atoms with E-state index in [1.807, 2.05) is 0 Å². The van der Waals surface area contributed by atoms with Gasteiger partial charge in [0.1, 0.15) is 11.6 Å². The van der Waals surface area contributed by atoms with Crippen molar-refractivity contribution in [2.75, 3.05) is 36.9 Å². The molecule has 32 heavy (non-hydrogen) atoms. The number of amides is 1. The maximum atomic E-state index is 12.9. The number of ether oxygens (including phenoxy) is 1. The summed E-state index contributed by atoms with van der Waals surface area (Å²) in [4.78, 5) is 12.5. The van der Waals surface area contributed by atoms with Gasteiger partial charge in [-0.05, 0) is 30.3 Å². The predicted molar refractivity (Wildman–Crippen MR) is 123 cm³/mol. The molecule has 0 bridgehead atoms. The first kappa shape index (κ1) is 24.3. The van der Waals surface area contributed by atoms with Crippen LogP contribution in [0.1, 0.15) is 0 Å². The van der Waals surface area contributed by atoms with Crippen LogP contribution in [0.5, 0.6) is 0 Å². The number of carbonyl (C=O) groups is 1. The number of nitrogens with one attached hydrogen (secondary N) is 2. The quantitative estimate of drug-likeness (QED) is 0.442. The Balaban J connectivity index is 1.81. The molecule has 0 unspecified atom stereocenters. The lowest BCUT2D eigenvalue weighted by atomic mass is 10.2. The number of nitriles is 1. The minimum absolute atomic E-state index is 0.0216. The molecule has 2 N–H and O–H groups in total. The highest BCUT2D eigenvalue weighted by Gasteiger charge is 2.27. The second-order valence-electron chi connectivity index (χ2n) is 6.53. The van der Waals surface area contributed by atoms with Crippen LogP contribution >= 0.6 is 34.8 Å². The molecule has 1 aliphatic rings. The summed E-state index contributed by atoms with van der Waals surface area (Å²) in [7, 11) is -3.75. The van der Waals surface area contributed by atoms with E-state index in [4.69, 9.17) is 39.5 Å². The average molecular weight is 516 g/mol. The van der Waals surface area contributed by atoms with Gasteiger partial charge in [0.05, 0.1) is 44.6 Å². The maximum Gasteiger partial charge on any atom is 0.267 e. The summed E-state index contributed by atoms with van der Waals surface area (Å²) in [5.41, 5.74) is 0.155. The normalized spacial score (nSPS) is 15.1. The Bertz CT molecular complexity index is 1210. The lowest BCUT2D eigenvalue weighted by Gasteiger charge is -2.26. The molecule has 2 aromatic rings. The molecule has 0 saturated carbocycles. The Morgan fingerprint density at radius 1 is 1.09 bits per heavy atom. The molecule has 12 heteroatoms. The van der Waals surface area contributed by atoms with Crippen molar-refractivity contribution in [3.8, 4) is 6.07 Å². The highest BCUT2D eigenvalue weighted by Crippen LogP contribution is 2.30. The summed E-state index contributed by atoms with van der Waals surface area (Å²) < 4.78 is 32.2. The van der Waals surface area contributed by atoms with E-state index < -0.39 is 15.9 Å². The van der Waals surface area contributed by atoms with Gasteiger partial charge in [-0.1, -0.05) is 40.9 Å². The minimum Gasteiger partial charge on any atom is -0.379 e. The fourth-order valence-corrected chi connectivity index (χ4v) is 4.75. The van der Waals surface area contributed by atoms with Gasteiger partial charge in [-0.3, -0.25) is 4.79 Å². The lowest BCUT2D eigenvalue weighted by molar-refractivity contribution is -0.112. The van der Waals surface area contributed by atoms with E-state index >= 15 is 0 Å². The van der Waals surface area contributed by atoms with Crippen molar-refractivity contribution < 1.29 is 17.9 Å². The third-order valence-electron chi connectivity index (χ3n) is 4.48. The Hall–Kier alpha value is -2.32. The van der Waals surface area contributed by atoms with Crippen molar-refractivity contribution in [3.05, 3.63) is 63.2 Å². The number of morpholine rings is 1. The van der Waals surface area contributed by atoms with Crippen LogP contribution in [0.15, 0.2) is 53.1 Å². The van der Waals surface area contributed by atoms with Gasteiger partial charge in [0.15, 0.2) is 0 Å². The predicted octanol–water partition coefficient (Wildman–Crippen LogP) is 4.13. The lowest BCUT2D eigenvalue weighted by Crippen LogP contribution is -2.40. The Kier molecular flexibility index (Phi) is 8.00. The van der Waals surface area contributed by atoms with E-state index in [0.717, 1.165) is 6.20 Å². The molecule has 8 nitrogen and oxygen atoms in total. The molecule has 1 fully saturated rings. The van der Waals surface area contributed by atoms with Crippen molar-refractivity contribution in [2.24, 2.45) is 0 Å². The number of hydrogen-bond acceptors (Lipinski definition) is 6. The topological polar surface area (TPSA) is 112 Å². The molecule has 2 aromatic carbocycles. The first-order valence-corrected chi connectivity index (χ1v) is 11.8. The molecular formula is C20H17Cl3N4O4S. The highest BCUT2D eigenvalue weighted by molar-refractivity contribution is 7.89. The van der Waals surface area contributed by atoms with Crippen LogP contribution in [0, 0.1) is 11.3 Å². The van der Waals surface area contributed by atoms with Gasteiger partial charge in [0.2, 0.25) is 10.0 Å². The van der Waals surface area contributed by atoms with Crippen molar-refractivity contribution in [1.82, 2.24) is 4.31 Å². The molecule has 0 spiro atoms. The number of sulfonamides is 1. The zero-order valence-electron chi connectivity index (χ0n) is 16.4. The van der Waals surface area contributed by atoms with Gasteiger partial charge in [-0.2, -0.15) is 9.57 Å². The highest BCUT2D eigenvalue weighted by atomic mass is 35.5. The SMILES string of the molecule is N#C/C(=C/Nc1cc(S(=O)(=O)N2CCOCC2)ccc1Cl)C(=O)Nc1cccc(Cl)c1Cl. The van der Waals surface area contributed by atoms with Gasteiger partial charge in [-0.25, -0.2) is 8.42 Å². The van der Waals surface area contributed by atoms with E-state index in [2.05, 4.69) is 10.6 Å². The standard InChI is InChI=1S/C20H17Cl3N4O4S/c21-15-5-4-14(32(29,30)27-6-8-31-9-7-27)10-18(15)25-12-13(11-24)20(28)26-17-3-1-2-16(22)19(17)23/h1-5,10,12,25H,6-9H2,(H,26,28)/b13-12-. The van der Waals surface area contributed by atoms with Crippen LogP contribution in [0.3, 0.4) is 0 Å². The molecule has 0 aliphatic carbocycles. The molecule has 0 radical (unpaired) electrons. The van der Waals surface area contributed by atoms with Gasteiger partial charge in [0, 0.05) is 19.3 Å². The fraction of sp³-hybridized carbons (Fsp3) is 0.200. The first-order valence-electron chi connectivity index (χ1n) is 9.23. The van der Waals surface area contributed by atoms with E-state index in [1.54, 1.807) is 18.2 Å². The van der Waals surface area contributed by atoms with Crippen LogP contribution in [-0.4, -0.2) is 44.9 Å². The molecular weight excluding hydrogens is 499 g/mol. The average Bonchev–Trinajstić information content (AvgIpc) is 2.79. The number of carbonyl (C=O) groups excluding carboxylic acids is 1. The first-order chi connectivity index (χ1) is 15.2. The van der Waals surface area contributed by atoms with Crippen LogP contribution in [0.4, 0.5) is 11.4 Å². The second kappa shape index (κ2) is 10.5. The smallest absolute Gasteiger partial charge is 0.267 e.